The van der Waals surface area contributed by atoms with Crippen LogP contribution in [0.4, 0.5) is 14.5 Å². The highest BCUT2D eigenvalue weighted by atomic mass is 19.1. The summed E-state index contributed by atoms with van der Waals surface area (Å²) < 4.78 is 31.5. The summed E-state index contributed by atoms with van der Waals surface area (Å²) in [5.41, 5.74) is 8.19. The van der Waals surface area contributed by atoms with Crippen LogP contribution in [0.25, 0.3) is 22.8 Å². The van der Waals surface area contributed by atoms with Crippen LogP contribution in [0.5, 0.6) is 0 Å². The molecule has 0 saturated heterocycles. The second-order valence-electron chi connectivity index (χ2n) is 4.65. The van der Waals surface area contributed by atoms with Crippen LogP contribution in [0.1, 0.15) is 5.56 Å². The van der Waals surface area contributed by atoms with E-state index < -0.39 is 11.6 Å². The summed E-state index contributed by atoms with van der Waals surface area (Å²) in [6.07, 6.45) is 0. The van der Waals surface area contributed by atoms with Gasteiger partial charge in [0.05, 0.1) is 0 Å². The lowest BCUT2D eigenvalue weighted by Gasteiger charge is -2.00. The quantitative estimate of drug-likeness (QED) is 0.732. The molecule has 2 aromatic carbocycles. The van der Waals surface area contributed by atoms with Gasteiger partial charge in [-0.2, -0.15) is 4.98 Å². The summed E-state index contributed by atoms with van der Waals surface area (Å²) in [5.74, 6) is -1.00. The van der Waals surface area contributed by atoms with E-state index in [9.17, 15) is 8.78 Å². The zero-order valence-corrected chi connectivity index (χ0v) is 11.1. The lowest BCUT2D eigenvalue weighted by molar-refractivity contribution is 0.432. The van der Waals surface area contributed by atoms with Crippen LogP contribution in [-0.2, 0) is 0 Å². The second-order valence-corrected chi connectivity index (χ2v) is 4.65. The Bertz CT molecular complexity index is 794. The monoisotopic (exact) mass is 287 g/mol. The molecular formula is C15H11F2N3O. The minimum absolute atomic E-state index is 0.123. The lowest BCUT2D eigenvalue weighted by Crippen LogP contribution is -1.89. The van der Waals surface area contributed by atoms with Crippen LogP contribution in [-0.4, -0.2) is 10.1 Å². The Morgan fingerprint density at radius 3 is 2.38 bits per heavy atom. The van der Waals surface area contributed by atoms with Crippen LogP contribution >= 0.6 is 0 Å². The average Bonchev–Trinajstić information content (AvgIpc) is 2.90. The summed E-state index contributed by atoms with van der Waals surface area (Å²) in [6.45, 7) is 1.86. The number of rotatable bonds is 2. The number of aromatic nitrogens is 2. The molecule has 21 heavy (non-hydrogen) atoms. The van der Waals surface area contributed by atoms with E-state index in [2.05, 4.69) is 10.1 Å². The summed E-state index contributed by atoms with van der Waals surface area (Å²) >= 11 is 0. The number of nitrogens with zero attached hydrogens (tertiary/aromatic N) is 2. The van der Waals surface area contributed by atoms with Gasteiger partial charge in [0.2, 0.25) is 5.82 Å². The number of nitrogens with two attached hydrogens (primary N) is 1. The average molecular weight is 287 g/mol. The fraction of sp³-hybridized carbons (Fsp3) is 0.0667. The number of halogens is 2. The highest BCUT2D eigenvalue weighted by Crippen LogP contribution is 2.25. The van der Waals surface area contributed by atoms with Gasteiger partial charge in [-0.05, 0) is 42.8 Å². The number of hydrogen-bond donors (Lipinski definition) is 1. The van der Waals surface area contributed by atoms with E-state index in [1.165, 1.54) is 0 Å². The first kappa shape index (κ1) is 13.2. The maximum atomic E-state index is 13.2. The third-order valence-corrected chi connectivity index (χ3v) is 3.06. The van der Waals surface area contributed by atoms with E-state index in [1.807, 2.05) is 6.92 Å². The molecule has 0 fully saturated rings. The number of anilines is 1. The van der Waals surface area contributed by atoms with Crippen molar-refractivity contribution < 1.29 is 13.3 Å². The standard InChI is InChI=1S/C15H11F2N3O/c1-8-4-9(2-3-13(8)18)15-19-14(20-21-15)10-5-11(16)7-12(17)6-10/h2-7H,18H2,1H3. The molecular weight excluding hydrogens is 276 g/mol. The molecule has 4 nitrogen and oxygen atoms in total. The first-order chi connectivity index (χ1) is 10.0. The van der Waals surface area contributed by atoms with E-state index in [4.69, 9.17) is 10.3 Å². The Morgan fingerprint density at radius 2 is 1.71 bits per heavy atom. The Balaban J connectivity index is 2.01. The van der Waals surface area contributed by atoms with Gasteiger partial charge >= 0.3 is 0 Å². The van der Waals surface area contributed by atoms with Crippen molar-refractivity contribution in [3.63, 3.8) is 0 Å². The van der Waals surface area contributed by atoms with Crippen molar-refractivity contribution in [3.8, 4) is 22.8 Å². The minimum Gasteiger partial charge on any atom is -0.399 e. The second kappa shape index (κ2) is 4.97. The van der Waals surface area contributed by atoms with Gasteiger partial charge in [-0.25, -0.2) is 8.78 Å². The first-order valence-corrected chi connectivity index (χ1v) is 6.19. The Hall–Kier alpha value is -2.76. The van der Waals surface area contributed by atoms with Gasteiger partial charge in [-0.15, -0.1) is 0 Å². The van der Waals surface area contributed by atoms with Gasteiger partial charge in [0.25, 0.3) is 5.89 Å². The van der Waals surface area contributed by atoms with Gasteiger partial charge < -0.3 is 10.3 Å². The molecule has 0 unspecified atom stereocenters. The smallest absolute Gasteiger partial charge is 0.258 e. The molecule has 0 aliphatic rings. The normalized spacial score (nSPS) is 10.8. The van der Waals surface area contributed by atoms with E-state index >= 15 is 0 Å². The third kappa shape index (κ3) is 2.60. The number of nitrogen functional groups attached to an aromatic ring is 1. The predicted molar refractivity (Wildman–Crippen MR) is 74.2 cm³/mol. The molecule has 0 aliphatic carbocycles. The molecule has 2 N–H and O–H groups in total. The molecule has 3 aromatic rings. The van der Waals surface area contributed by atoms with Gasteiger partial charge in [0, 0.05) is 22.9 Å². The van der Waals surface area contributed by atoms with Crippen LogP contribution in [0.3, 0.4) is 0 Å². The van der Waals surface area contributed by atoms with E-state index in [0.717, 1.165) is 23.8 Å². The Morgan fingerprint density at radius 1 is 1.00 bits per heavy atom. The van der Waals surface area contributed by atoms with Crippen molar-refractivity contribution in [2.24, 2.45) is 0 Å². The van der Waals surface area contributed by atoms with E-state index in [-0.39, 0.29) is 17.3 Å². The zero-order valence-electron chi connectivity index (χ0n) is 11.1. The van der Waals surface area contributed by atoms with E-state index in [0.29, 0.717) is 11.3 Å². The molecule has 0 spiro atoms. The summed E-state index contributed by atoms with van der Waals surface area (Å²) in [4.78, 5) is 4.15. The zero-order chi connectivity index (χ0) is 15.0. The van der Waals surface area contributed by atoms with Crippen molar-refractivity contribution in [2.45, 2.75) is 6.92 Å². The molecule has 0 bridgehead atoms. The summed E-state index contributed by atoms with van der Waals surface area (Å²) in [5, 5.41) is 3.75. The van der Waals surface area contributed by atoms with Crippen LogP contribution in [0, 0.1) is 18.6 Å². The lowest BCUT2D eigenvalue weighted by atomic mass is 10.1. The Labute approximate surface area is 119 Å². The van der Waals surface area contributed by atoms with Gasteiger partial charge in [0.1, 0.15) is 11.6 Å². The molecule has 0 saturated carbocycles. The van der Waals surface area contributed by atoms with Crippen molar-refractivity contribution in [1.82, 2.24) is 10.1 Å². The summed E-state index contributed by atoms with van der Waals surface area (Å²) in [7, 11) is 0. The maximum absolute atomic E-state index is 13.2. The van der Waals surface area contributed by atoms with Crippen molar-refractivity contribution in [1.29, 1.82) is 0 Å². The molecule has 1 heterocycles. The molecule has 0 atom stereocenters. The van der Waals surface area contributed by atoms with Gasteiger partial charge in [-0.1, -0.05) is 5.16 Å². The van der Waals surface area contributed by atoms with E-state index in [1.54, 1.807) is 18.2 Å². The number of benzene rings is 2. The molecule has 1 aromatic heterocycles. The first-order valence-electron chi connectivity index (χ1n) is 6.19. The van der Waals surface area contributed by atoms with Gasteiger partial charge in [-0.3, -0.25) is 0 Å². The summed E-state index contributed by atoms with van der Waals surface area (Å²) in [6, 6.07) is 8.35. The third-order valence-electron chi connectivity index (χ3n) is 3.06. The predicted octanol–water partition coefficient (Wildman–Crippen LogP) is 3.57. The van der Waals surface area contributed by atoms with Crippen LogP contribution in [0.2, 0.25) is 0 Å². The Kier molecular flexibility index (Phi) is 3.13. The molecule has 6 heteroatoms. The topological polar surface area (TPSA) is 64.9 Å². The molecule has 3 rings (SSSR count). The van der Waals surface area contributed by atoms with Gasteiger partial charge in [0.15, 0.2) is 0 Å². The molecule has 0 radical (unpaired) electrons. The number of aryl methyl sites for hydroxylation is 1. The fourth-order valence-corrected chi connectivity index (χ4v) is 1.95. The van der Waals surface area contributed by atoms with Crippen molar-refractivity contribution >= 4 is 5.69 Å². The fourth-order valence-electron chi connectivity index (χ4n) is 1.95. The SMILES string of the molecule is Cc1cc(-c2nc(-c3cc(F)cc(F)c3)no2)ccc1N. The minimum atomic E-state index is -0.695. The van der Waals surface area contributed by atoms with Crippen molar-refractivity contribution in [2.75, 3.05) is 5.73 Å². The molecule has 106 valence electrons. The maximum Gasteiger partial charge on any atom is 0.258 e. The molecule has 0 aliphatic heterocycles. The van der Waals surface area contributed by atoms with Crippen molar-refractivity contribution in [3.05, 3.63) is 53.6 Å². The van der Waals surface area contributed by atoms with Crippen LogP contribution in [0.15, 0.2) is 40.9 Å². The number of hydrogen-bond acceptors (Lipinski definition) is 4. The highest BCUT2D eigenvalue weighted by Gasteiger charge is 2.13. The molecule has 0 amide bonds. The van der Waals surface area contributed by atoms with Crippen LogP contribution < -0.4 is 5.73 Å². The largest absolute Gasteiger partial charge is 0.399 e. The highest BCUT2D eigenvalue weighted by molar-refractivity contribution is 5.63.